The zero-order valence-corrected chi connectivity index (χ0v) is 16.8. The van der Waals surface area contributed by atoms with Crippen LogP contribution in [0.25, 0.3) is 0 Å². The number of carbonyl (C=O) groups is 1. The monoisotopic (exact) mass is 406 g/mol. The zero-order valence-electron chi connectivity index (χ0n) is 16.8. The van der Waals surface area contributed by atoms with Crippen molar-refractivity contribution < 1.29 is 9.90 Å². The molecule has 1 aliphatic heterocycles. The van der Waals surface area contributed by atoms with E-state index in [-0.39, 0.29) is 5.91 Å². The van der Waals surface area contributed by atoms with E-state index in [2.05, 4.69) is 5.43 Å². The van der Waals surface area contributed by atoms with E-state index in [0.717, 1.165) is 16.8 Å². The fourth-order valence-corrected chi connectivity index (χ4v) is 4.40. The molecule has 1 unspecified atom stereocenters. The van der Waals surface area contributed by atoms with Crippen LogP contribution in [0.2, 0.25) is 0 Å². The van der Waals surface area contributed by atoms with Crippen LogP contribution in [0.5, 0.6) is 0 Å². The van der Waals surface area contributed by atoms with Gasteiger partial charge < -0.3 is 5.11 Å². The lowest BCUT2D eigenvalue weighted by atomic mass is 9.79. The van der Waals surface area contributed by atoms with Crippen molar-refractivity contribution in [3.05, 3.63) is 138 Å². The highest BCUT2D eigenvalue weighted by molar-refractivity contribution is 6.00. The lowest BCUT2D eigenvalue weighted by Gasteiger charge is -2.41. The van der Waals surface area contributed by atoms with Gasteiger partial charge in [-0.2, -0.15) is 0 Å². The summed E-state index contributed by atoms with van der Waals surface area (Å²) in [6, 6.07) is 36.4. The number of nitrogens with zero attached hydrogens (tertiary/aromatic N) is 1. The minimum atomic E-state index is -1.63. The molecule has 0 bridgehead atoms. The van der Waals surface area contributed by atoms with Crippen molar-refractivity contribution in [1.82, 2.24) is 5.01 Å². The third-order valence-corrected chi connectivity index (χ3v) is 5.78. The predicted molar refractivity (Wildman–Crippen MR) is 121 cm³/mol. The van der Waals surface area contributed by atoms with E-state index >= 15 is 0 Å². The van der Waals surface area contributed by atoms with Crippen LogP contribution >= 0.6 is 0 Å². The number of carbonyl (C=O) groups excluding carboxylic acids is 1. The molecular weight excluding hydrogens is 384 g/mol. The average molecular weight is 406 g/mol. The van der Waals surface area contributed by atoms with E-state index < -0.39 is 11.6 Å². The fraction of sp³-hybridized carbons (Fsp3) is 0.0741. The van der Waals surface area contributed by atoms with Gasteiger partial charge in [0.2, 0.25) is 0 Å². The van der Waals surface area contributed by atoms with E-state index in [0.29, 0.717) is 11.1 Å². The first-order valence-corrected chi connectivity index (χ1v) is 10.3. The molecule has 0 saturated carbocycles. The Morgan fingerprint density at radius 3 is 1.74 bits per heavy atom. The normalized spacial score (nSPS) is 17.6. The van der Waals surface area contributed by atoms with Gasteiger partial charge >= 0.3 is 0 Å². The molecule has 0 radical (unpaired) electrons. The number of benzene rings is 4. The lowest BCUT2D eigenvalue weighted by Crippen LogP contribution is -2.51. The van der Waals surface area contributed by atoms with Crippen LogP contribution in [0.4, 0.5) is 5.69 Å². The minimum absolute atomic E-state index is 0.265. The Balaban J connectivity index is 1.74. The molecule has 1 amide bonds. The molecule has 1 heterocycles. The van der Waals surface area contributed by atoms with Crippen molar-refractivity contribution in [2.75, 3.05) is 5.43 Å². The maximum atomic E-state index is 13.5. The van der Waals surface area contributed by atoms with Crippen LogP contribution in [0, 0.1) is 0 Å². The Kier molecular flexibility index (Phi) is 4.77. The van der Waals surface area contributed by atoms with Gasteiger partial charge in [0.1, 0.15) is 0 Å². The lowest BCUT2D eigenvalue weighted by molar-refractivity contribution is -0.0853. The summed E-state index contributed by atoms with van der Waals surface area (Å²) in [4.78, 5) is 13.5. The number of aliphatic hydroxyl groups is 1. The summed E-state index contributed by atoms with van der Waals surface area (Å²) in [6.07, 6.45) is 0. The Morgan fingerprint density at radius 2 is 1.16 bits per heavy atom. The zero-order chi connectivity index (χ0) is 21.3. The van der Waals surface area contributed by atoms with Crippen molar-refractivity contribution >= 4 is 11.6 Å². The molecule has 0 aliphatic carbocycles. The molecule has 1 atom stereocenters. The number of hydrazine groups is 1. The first kappa shape index (κ1) is 19.1. The standard InChI is InChI=1S/C27H22N2O2/c30-26-23-18-10-11-19-24(23)27(31,29(26)28-22-16-8-3-9-17-22)25(20-12-4-1-5-13-20)21-14-6-2-7-15-21/h1-19,25,28,31H. The summed E-state index contributed by atoms with van der Waals surface area (Å²) in [6.45, 7) is 0. The molecule has 0 fully saturated rings. The molecule has 152 valence electrons. The van der Waals surface area contributed by atoms with Gasteiger partial charge in [0.15, 0.2) is 5.72 Å². The van der Waals surface area contributed by atoms with E-state index in [1.807, 2.05) is 109 Å². The highest BCUT2D eigenvalue weighted by atomic mass is 16.3. The molecule has 31 heavy (non-hydrogen) atoms. The Bertz CT molecular complexity index is 1160. The van der Waals surface area contributed by atoms with Crippen LogP contribution in [-0.4, -0.2) is 16.0 Å². The van der Waals surface area contributed by atoms with Gasteiger partial charge in [-0.1, -0.05) is 97.1 Å². The third kappa shape index (κ3) is 3.18. The molecule has 0 aromatic heterocycles. The second-order valence-electron chi connectivity index (χ2n) is 7.64. The molecule has 4 aromatic carbocycles. The Hall–Kier alpha value is -3.89. The van der Waals surface area contributed by atoms with Crippen LogP contribution in [-0.2, 0) is 5.72 Å². The highest BCUT2D eigenvalue weighted by Gasteiger charge is 2.55. The smallest absolute Gasteiger partial charge is 0.275 e. The largest absolute Gasteiger partial charge is 0.365 e. The molecule has 1 aliphatic rings. The highest BCUT2D eigenvalue weighted by Crippen LogP contribution is 2.49. The molecule has 0 spiro atoms. The maximum absolute atomic E-state index is 13.5. The SMILES string of the molecule is O=C1c2ccccc2C(O)(C(c2ccccc2)c2ccccc2)N1Nc1ccccc1. The third-order valence-electron chi connectivity index (χ3n) is 5.78. The summed E-state index contributed by atoms with van der Waals surface area (Å²) in [5, 5.41) is 13.8. The fourth-order valence-electron chi connectivity index (χ4n) is 4.40. The molecular formula is C27H22N2O2. The maximum Gasteiger partial charge on any atom is 0.275 e. The summed E-state index contributed by atoms with van der Waals surface area (Å²) in [5.74, 6) is -0.766. The second kappa shape index (κ2) is 7.74. The molecule has 5 rings (SSSR count). The van der Waals surface area contributed by atoms with E-state index in [9.17, 15) is 9.90 Å². The van der Waals surface area contributed by atoms with E-state index in [1.54, 1.807) is 6.07 Å². The van der Waals surface area contributed by atoms with E-state index in [1.165, 1.54) is 5.01 Å². The molecule has 4 aromatic rings. The van der Waals surface area contributed by atoms with Crippen molar-refractivity contribution in [3.63, 3.8) is 0 Å². The first-order chi connectivity index (χ1) is 15.2. The molecule has 2 N–H and O–H groups in total. The summed E-state index contributed by atoms with van der Waals surface area (Å²) in [7, 11) is 0. The van der Waals surface area contributed by atoms with Gasteiger partial charge in [-0.05, 0) is 29.3 Å². The number of hydrogen-bond acceptors (Lipinski definition) is 3. The van der Waals surface area contributed by atoms with Crippen LogP contribution in [0.1, 0.15) is 33.0 Å². The first-order valence-electron chi connectivity index (χ1n) is 10.3. The van der Waals surface area contributed by atoms with Crippen LogP contribution in [0.3, 0.4) is 0 Å². The summed E-state index contributed by atoms with van der Waals surface area (Å²) >= 11 is 0. The number of para-hydroxylation sites is 1. The number of amides is 1. The number of fused-ring (bicyclic) bond motifs is 1. The van der Waals surface area contributed by atoms with Gasteiger partial charge in [0.05, 0.1) is 11.6 Å². The number of rotatable bonds is 5. The molecule has 4 heteroatoms. The van der Waals surface area contributed by atoms with Gasteiger partial charge in [0, 0.05) is 11.1 Å². The second-order valence-corrected chi connectivity index (χ2v) is 7.64. The topological polar surface area (TPSA) is 52.6 Å². The van der Waals surface area contributed by atoms with Crippen molar-refractivity contribution in [2.45, 2.75) is 11.6 Å². The predicted octanol–water partition coefficient (Wildman–Crippen LogP) is 5.15. The number of anilines is 1. The van der Waals surface area contributed by atoms with Crippen LogP contribution < -0.4 is 5.43 Å². The summed E-state index contributed by atoms with van der Waals surface area (Å²) < 4.78 is 0. The number of nitrogens with one attached hydrogen (secondary N) is 1. The summed E-state index contributed by atoms with van der Waals surface area (Å²) in [5.41, 5.74) is 5.18. The number of hydrogen-bond donors (Lipinski definition) is 2. The van der Waals surface area contributed by atoms with Crippen molar-refractivity contribution in [3.8, 4) is 0 Å². The Labute approximate surface area is 181 Å². The molecule has 0 saturated heterocycles. The average Bonchev–Trinajstić information content (AvgIpc) is 3.04. The van der Waals surface area contributed by atoms with Gasteiger partial charge in [-0.3, -0.25) is 10.2 Å². The van der Waals surface area contributed by atoms with Crippen molar-refractivity contribution in [2.24, 2.45) is 0 Å². The quantitative estimate of drug-likeness (QED) is 0.482. The van der Waals surface area contributed by atoms with Crippen LogP contribution in [0.15, 0.2) is 115 Å². The molecule has 4 nitrogen and oxygen atoms in total. The Morgan fingerprint density at radius 1 is 0.677 bits per heavy atom. The van der Waals surface area contributed by atoms with Gasteiger partial charge in [-0.25, -0.2) is 5.01 Å². The minimum Gasteiger partial charge on any atom is -0.365 e. The van der Waals surface area contributed by atoms with Crippen molar-refractivity contribution in [1.29, 1.82) is 0 Å². The van der Waals surface area contributed by atoms with E-state index in [4.69, 9.17) is 0 Å². The van der Waals surface area contributed by atoms with Gasteiger partial charge in [0.25, 0.3) is 5.91 Å². The van der Waals surface area contributed by atoms with Gasteiger partial charge in [-0.15, -0.1) is 0 Å².